The molecule has 5 rings (SSSR count). The van der Waals surface area contributed by atoms with Gasteiger partial charge in [0, 0.05) is 37.3 Å². The second kappa shape index (κ2) is 20.6. The number of ether oxygens (including phenoxy) is 1. The van der Waals surface area contributed by atoms with Crippen LogP contribution in [0.5, 0.6) is 0 Å². The third-order valence-electron chi connectivity index (χ3n) is 10.9. The summed E-state index contributed by atoms with van der Waals surface area (Å²) < 4.78 is 6.50. The average molecular weight is 799 g/mol. The van der Waals surface area contributed by atoms with Crippen LogP contribution >= 0.6 is 11.8 Å². The van der Waals surface area contributed by atoms with Crippen LogP contribution < -0.4 is 0 Å². The first-order chi connectivity index (χ1) is 28.0. The molecule has 2 aromatic carbocycles. The van der Waals surface area contributed by atoms with Gasteiger partial charge < -0.3 is 4.74 Å². The van der Waals surface area contributed by atoms with E-state index in [9.17, 15) is 0 Å². The van der Waals surface area contributed by atoms with Gasteiger partial charge in [0.25, 0.3) is 0 Å². The monoisotopic (exact) mass is 798 g/mol. The molecule has 0 unspecified atom stereocenters. The van der Waals surface area contributed by atoms with E-state index >= 15 is 0 Å². The molecule has 1 heterocycles. The molecule has 0 N–H and O–H groups in total. The zero-order valence-corrected chi connectivity index (χ0v) is 38.3. The molecule has 0 atom stereocenters. The number of fused-ring (bicyclic) bond motifs is 3. The van der Waals surface area contributed by atoms with Crippen LogP contribution in [0.4, 0.5) is 0 Å². The Hall–Kier alpha value is -5.31. The molecule has 2 heteroatoms. The van der Waals surface area contributed by atoms with Crippen LogP contribution in [0.25, 0.3) is 16.7 Å². The highest BCUT2D eigenvalue weighted by Crippen LogP contribution is 2.54. The molecule has 0 saturated carbocycles. The van der Waals surface area contributed by atoms with Crippen molar-refractivity contribution in [3.8, 4) is 11.1 Å². The van der Waals surface area contributed by atoms with Crippen molar-refractivity contribution in [3.63, 3.8) is 0 Å². The smallest absolute Gasteiger partial charge is 0.134 e. The maximum atomic E-state index is 6.50. The molecule has 0 fully saturated rings. The summed E-state index contributed by atoms with van der Waals surface area (Å²) in [6.07, 6.45) is 34.4. The van der Waals surface area contributed by atoms with Crippen LogP contribution in [-0.4, -0.2) is 0 Å². The van der Waals surface area contributed by atoms with Gasteiger partial charge in [-0.3, -0.25) is 0 Å². The van der Waals surface area contributed by atoms with Crippen LogP contribution in [-0.2, 0) is 10.2 Å². The molecule has 1 aliphatic heterocycles. The highest BCUT2D eigenvalue weighted by molar-refractivity contribution is 8.03. The molecule has 1 nitrogen and oxygen atoms in total. The summed E-state index contributed by atoms with van der Waals surface area (Å²) in [4.78, 5) is 2.59. The lowest BCUT2D eigenvalue weighted by atomic mass is 9.74. The van der Waals surface area contributed by atoms with Crippen molar-refractivity contribution >= 4 is 17.3 Å². The molecule has 0 bridgehead atoms. The van der Waals surface area contributed by atoms with E-state index in [1.165, 1.54) is 43.2 Å². The van der Waals surface area contributed by atoms with Crippen LogP contribution in [0.15, 0.2) is 210 Å². The standard InChI is InChI=1S/C53H56OS.C4H10/c1-13-16-19-24-41(25-22-27-48-37(5)29-33-45-43(40(8)54-48)26-21-18-20-23-39(7)52(45,9)10)42-31-32-44-47(35-42)53(11,12)46-34-30-38(6)51(50(44)46)55-49(28-17-14-2)36(4)15-3;1-4(2)3/h13-14,16-25,27-35H,1-2,5,7-8,15,26H2,3-4,6,9-12H3;4H,1-3H3/b19-16-,21-18-,23-20-,25-22+,28-17-,33-29-,41-24+,45-43+,48-27-,49-36-;. The number of hydrogen-bond donors (Lipinski definition) is 0. The molecule has 59 heavy (non-hydrogen) atoms. The molecular weight excluding hydrogens is 733 g/mol. The quantitative estimate of drug-likeness (QED) is 0.175. The highest BCUT2D eigenvalue weighted by Gasteiger charge is 2.38. The first kappa shape index (κ1) is 46.4. The third-order valence-corrected chi connectivity index (χ3v) is 12.4. The summed E-state index contributed by atoms with van der Waals surface area (Å²) in [7, 11) is 0. The van der Waals surface area contributed by atoms with Crippen molar-refractivity contribution in [3.05, 3.63) is 227 Å². The van der Waals surface area contributed by atoms with Gasteiger partial charge in [-0.25, -0.2) is 0 Å². The predicted molar refractivity (Wildman–Crippen MR) is 263 cm³/mol. The minimum Gasteiger partial charge on any atom is -0.457 e. The topological polar surface area (TPSA) is 9.23 Å². The zero-order chi connectivity index (χ0) is 43.5. The van der Waals surface area contributed by atoms with Crippen molar-refractivity contribution in [1.29, 1.82) is 0 Å². The van der Waals surface area contributed by atoms with E-state index in [-0.39, 0.29) is 10.8 Å². The van der Waals surface area contributed by atoms with Crippen LogP contribution in [0, 0.1) is 18.3 Å². The van der Waals surface area contributed by atoms with E-state index < -0.39 is 0 Å². The van der Waals surface area contributed by atoms with E-state index in [0.29, 0.717) is 17.9 Å². The van der Waals surface area contributed by atoms with Crippen molar-refractivity contribution in [2.75, 3.05) is 0 Å². The number of thioether (sulfide) groups is 1. The first-order valence-corrected chi connectivity index (χ1v) is 21.7. The van der Waals surface area contributed by atoms with E-state index in [1.54, 1.807) is 6.08 Å². The van der Waals surface area contributed by atoms with Gasteiger partial charge in [0.15, 0.2) is 0 Å². The normalized spacial score (nSPS) is 21.3. The molecule has 0 spiro atoms. The zero-order valence-electron chi connectivity index (χ0n) is 37.5. The van der Waals surface area contributed by atoms with Gasteiger partial charge in [-0.15, -0.1) is 0 Å². The fraction of sp³-hybridized carbons (Fsp3) is 0.263. The van der Waals surface area contributed by atoms with Crippen LogP contribution in [0.1, 0.15) is 97.4 Å². The van der Waals surface area contributed by atoms with Gasteiger partial charge in [-0.2, -0.15) is 0 Å². The minimum atomic E-state index is -0.303. The maximum Gasteiger partial charge on any atom is 0.134 e. The summed E-state index contributed by atoms with van der Waals surface area (Å²) in [5.41, 5.74) is 13.7. The summed E-state index contributed by atoms with van der Waals surface area (Å²) in [6, 6.07) is 11.5. The summed E-state index contributed by atoms with van der Waals surface area (Å²) >= 11 is 1.87. The molecule has 2 aliphatic carbocycles. The van der Waals surface area contributed by atoms with Crippen LogP contribution in [0.3, 0.4) is 0 Å². The number of rotatable bonds is 10. The lowest BCUT2D eigenvalue weighted by Crippen LogP contribution is -2.19. The Kier molecular flexibility index (Phi) is 16.2. The summed E-state index contributed by atoms with van der Waals surface area (Å²) in [5.74, 6) is 2.11. The SMILES string of the molecule is C=C\C=C/C=C(\C=C\C=C1/OC(=C)/C2=C(\C=C/C1=C)C(C)(C)C(=C)/C=C\C=C/C2)c1ccc2c(c1)C(C)(C)c1ccc(C)c(SC(/C=C\C=C)=C(/C)CC)c1-2.CC(C)C. The van der Waals surface area contributed by atoms with Gasteiger partial charge in [-0.05, 0) is 95.4 Å². The Labute approximate surface area is 362 Å². The van der Waals surface area contributed by atoms with E-state index in [2.05, 4.69) is 175 Å². The average Bonchev–Trinajstić information content (AvgIpc) is 3.44. The largest absolute Gasteiger partial charge is 0.457 e. The fourth-order valence-electron chi connectivity index (χ4n) is 7.18. The molecule has 0 saturated heterocycles. The Morgan fingerprint density at radius 3 is 2.24 bits per heavy atom. The van der Waals surface area contributed by atoms with Crippen molar-refractivity contribution in [2.45, 2.75) is 92.4 Å². The van der Waals surface area contributed by atoms with Crippen molar-refractivity contribution in [1.82, 2.24) is 0 Å². The summed E-state index contributed by atoms with van der Waals surface area (Å²) in [5, 5.41) is 0. The lowest BCUT2D eigenvalue weighted by molar-refractivity contribution is 0.323. The van der Waals surface area contributed by atoms with Gasteiger partial charge in [0.2, 0.25) is 0 Å². The van der Waals surface area contributed by atoms with Crippen LogP contribution in [0.2, 0.25) is 0 Å². The van der Waals surface area contributed by atoms with Gasteiger partial charge in [0.1, 0.15) is 11.5 Å². The third kappa shape index (κ3) is 11.0. The van der Waals surface area contributed by atoms with Gasteiger partial charge >= 0.3 is 0 Å². The first-order valence-electron chi connectivity index (χ1n) is 20.8. The Balaban J connectivity index is 0.00000184. The number of allylic oxidation sites excluding steroid dienone is 21. The Bertz CT molecular complexity index is 2300. The lowest BCUT2D eigenvalue weighted by Gasteiger charge is -2.31. The molecule has 0 amide bonds. The molecule has 2 aromatic rings. The highest BCUT2D eigenvalue weighted by atomic mass is 32.2. The number of aryl methyl sites for hydroxylation is 1. The maximum absolute atomic E-state index is 6.50. The predicted octanol–water partition coefficient (Wildman–Crippen LogP) is 17.1. The molecule has 0 aromatic heterocycles. The molecule has 306 valence electrons. The van der Waals surface area contributed by atoms with Crippen molar-refractivity contribution in [2.24, 2.45) is 11.3 Å². The molecule has 3 aliphatic rings. The van der Waals surface area contributed by atoms with E-state index in [4.69, 9.17) is 4.74 Å². The van der Waals surface area contributed by atoms with E-state index in [0.717, 1.165) is 45.8 Å². The molecule has 0 radical (unpaired) electrons. The van der Waals surface area contributed by atoms with Crippen molar-refractivity contribution < 1.29 is 4.74 Å². The van der Waals surface area contributed by atoms with E-state index in [1.807, 2.05) is 60.4 Å². The Morgan fingerprint density at radius 2 is 1.56 bits per heavy atom. The number of benzene rings is 2. The second-order valence-electron chi connectivity index (χ2n) is 17.0. The minimum absolute atomic E-state index is 0.176. The fourth-order valence-corrected chi connectivity index (χ4v) is 8.42. The second-order valence-corrected chi connectivity index (χ2v) is 18.0. The summed E-state index contributed by atoms with van der Waals surface area (Å²) in [6.45, 7) is 43.2. The number of hydrogen-bond acceptors (Lipinski definition) is 2. The van der Waals surface area contributed by atoms with Gasteiger partial charge in [0.05, 0.1) is 0 Å². The molecular formula is C57H66OS. The Morgan fingerprint density at radius 1 is 0.847 bits per heavy atom. The van der Waals surface area contributed by atoms with Gasteiger partial charge in [-0.1, -0.05) is 215 Å².